The van der Waals surface area contributed by atoms with Crippen molar-refractivity contribution in [2.24, 2.45) is 0 Å². The van der Waals surface area contributed by atoms with E-state index in [1.54, 1.807) is 54.6 Å². The zero-order valence-electron chi connectivity index (χ0n) is 22.4. The molecule has 0 aliphatic heterocycles. The van der Waals surface area contributed by atoms with E-state index < -0.39 is 11.6 Å². The van der Waals surface area contributed by atoms with Crippen LogP contribution in [0.2, 0.25) is 0 Å². The second kappa shape index (κ2) is 13.5. The van der Waals surface area contributed by atoms with Gasteiger partial charge in [0.25, 0.3) is 0 Å². The molecule has 3 aromatic rings. The molecular formula is C31H30O8. The molecule has 0 aliphatic carbocycles. The number of aromatic hydroxyl groups is 1. The monoisotopic (exact) mass is 530 g/mol. The Labute approximate surface area is 227 Å². The van der Waals surface area contributed by atoms with E-state index >= 15 is 0 Å². The Morgan fingerprint density at radius 2 is 1.10 bits per heavy atom. The molecule has 0 amide bonds. The topological polar surface area (TPSA) is 101 Å². The van der Waals surface area contributed by atoms with Gasteiger partial charge in [-0.25, -0.2) is 0 Å². The summed E-state index contributed by atoms with van der Waals surface area (Å²) in [6, 6.07) is 14.9. The number of carbonyl (C=O) groups is 2. The molecule has 0 saturated heterocycles. The van der Waals surface area contributed by atoms with Crippen molar-refractivity contribution >= 4 is 29.8 Å². The Kier molecular flexibility index (Phi) is 9.92. The zero-order valence-corrected chi connectivity index (χ0v) is 22.4. The van der Waals surface area contributed by atoms with E-state index in [1.807, 2.05) is 0 Å². The number of methoxy groups -OCH3 is 5. The second-order valence-corrected chi connectivity index (χ2v) is 8.10. The van der Waals surface area contributed by atoms with Crippen LogP contribution in [0.5, 0.6) is 34.5 Å². The Hall–Kier alpha value is -4.98. The number of ketones is 2. The number of benzene rings is 3. The van der Waals surface area contributed by atoms with E-state index in [1.165, 1.54) is 65.9 Å². The molecule has 0 aromatic heterocycles. The average molecular weight is 531 g/mol. The van der Waals surface area contributed by atoms with Crippen LogP contribution in [0, 0.1) is 0 Å². The van der Waals surface area contributed by atoms with Gasteiger partial charge in [0.05, 0.1) is 41.1 Å². The molecule has 0 unspecified atom stereocenters. The van der Waals surface area contributed by atoms with E-state index in [2.05, 4.69) is 0 Å². The van der Waals surface area contributed by atoms with Crippen LogP contribution in [0.1, 0.15) is 16.7 Å². The highest BCUT2D eigenvalue weighted by atomic mass is 16.5. The van der Waals surface area contributed by atoms with Crippen LogP contribution in [0.25, 0.3) is 18.2 Å². The molecule has 39 heavy (non-hydrogen) atoms. The summed E-state index contributed by atoms with van der Waals surface area (Å²) in [4.78, 5) is 26.7. The van der Waals surface area contributed by atoms with Gasteiger partial charge in [0.15, 0.2) is 23.1 Å². The van der Waals surface area contributed by atoms with Gasteiger partial charge in [-0.3, -0.25) is 9.59 Å². The van der Waals surface area contributed by atoms with Gasteiger partial charge in [-0.1, -0.05) is 6.07 Å². The molecule has 0 atom stereocenters. The summed E-state index contributed by atoms with van der Waals surface area (Å²) in [5.41, 5.74) is 1.57. The lowest BCUT2D eigenvalue weighted by atomic mass is 10.00. The highest BCUT2D eigenvalue weighted by Gasteiger charge is 2.16. The molecule has 0 saturated carbocycles. The van der Waals surface area contributed by atoms with Crippen molar-refractivity contribution in [1.82, 2.24) is 0 Å². The molecule has 0 fully saturated rings. The van der Waals surface area contributed by atoms with Gasteiger partial charge in [-0.15, -0.1) is 0 Å². The number of carbonyl (C=O) groups excluding carboxylic acids is 2. The zero-order chi connectivity index (χ0) is 28.4. The Bertz CT molecular complexity index is 1350. The van der Waals surface area contributed by atoms with Crippen molar-refractivity contribution in [2.45, 2.75) is 0 Å². The lowest BCUT2D eigenvalue weighted by molar-refractivity contribution is -0.116. The van der Waals surface area contributed by atoms with E-state index in [0.29, 0.717) is 39.7 Å². The third-order valence-corrected chi connectivity index (χ3v) is 5.75. The van der Waals surface area contributed by atoms with Gasteiger partial charge in [0.1, 0.15) is 23.0 Å². The summed E-state index contributed by atoms with van der Waals surface area (Å²) in [7, 11) is 7.52. The first kappa shape index (κ1) is 28.6. The first-order valence-electron chi connectivity index (χ1n) is 11.8. The van der Waals surface area contributed by atoms with Gasteiger partial charge in [0, 0.05) is 11.1 Å². The van der Waals surface area contributed by atoms with Crippen molar-refractivity contribution in [3.63, 3.8) is 0 Å². The minimum atomic E-state index is -0.542. The maximum Gasteiger partial charge on any atom is 0.189 e. The fourth-order valence-electron chi connectivity index (χ4n) is 3.66. The van der Waals surface area contributed by atoms with Crippen molar-refractivity contribution in [2.75, 3.05) is 35.5 Å². The van der Waals surface area contributed by atoms with E-state index in [0.717, 1.165) is 0 Å². The van der Waals surface area contributed by atoms with Gasteiger partial charge < -0.3 is 28.8 Å². The van der Waals surface area contributed by atoms with E-state index in [9.17, 15) is 14.7 Å². The number of allylic oxidation sites excluding steroid dienone is 3. The number of ether oxygens (including phenoxy) is 5. The molecule has 3 aromatic carbocycles. The van der Waals surface area contributed by atoms with Crippen LogP contribution in [0.15, 0.2) is 72.3 Å². The van der Waals surface area contributed by atoms with Crippen LogP contribution in [-0.4, -0.2) is 52.2 Å². The van der Waals surface area contributed by atoms with Gasteiger partial charge in [-0.05, 0) is 84.5 Å². The third kappa shape index (κ3) is 7.29. The number of phenols is 1. The molecular weight excluding hydrogens is 500 g/mol. The highest BCUT2D eigenvalue weighted by Crippen LogP contribution is 2.29. The van der Waals surface area contributed by atoms with Gasteiger partial charge in [-0.2, -0.15) is 0 Å². The van der Waals surface area contributed by atoms with Gasteiger partial charge in [0.2, 0.25) is 0 Å². The summed E-state index contributed by atoms with van der Waals surface area (Å²) >= 11 is 0. The van der Waals surface area contributed by atoms with E-state index in [4.69, 9.17) is 23.7 Å². The summed E-state index contributed by atoms with van der Waals surface area (Å²) in [5.74, 6) is 1.29. The number of hydrogen-bond donors (Lipinski definition) is 1. The maximum absolute atomic E-state index is 13.4. The lowest BCUT2D eigenvalue weighted by Gasteiger charge is -2.08. The standard InChI is InChI=1S/C31H30O8/c1-35-23-9-14-29(37-3)21(18-23)7-12-26(32)25(16-20-6-11-28(34)31(17-20)39-5)27(33)13-8-22-19-24(36-2)10-15-30(22)38-4/h6-19,34H,1-5H3/b12-7+,13-8+. The van der Waals surface area contributed by atoms with Crippen LogP contribution >= 0.6 is 0 Å². The first-order chi connectivity index (χ1) is 18.8. The van der Waals surface area contributed by atoms with Crippen molar-refractivity contribution in [1.29, 1.82) is 0 Å². The molecule has 3 rings (SSSR count). The number of rotatable bonds is 12. The Morgan fingerprint density at radius 3 is 1.54 bits per heavy atom. The summed E-state index contributed by atoms with van der Waals surface area (Å²) < 4.78 is 26.4. The van der Waals surface area contributed by atoms with Crippen molar-refractivity contribution in [3.8, 4) is 34.5 Å². The summed E-state index contributed by atoms with van der Waals surface area (Å²) in [5, 5.41) is 9.95. The normalized spacial score (nSPS) is 10.8. The Balaban J connectivity index is 2.03. The van der Waals surface area contributed by atoms with Crippen LogP contribution in [0.3, 0.4) is 0 Å². The van der Waals surface area contributed by atoms with E-state index in [-0.39, 0.29) is 17.1 Å². The second-order valence-electron chi connectivity index (χ2n) is 8.10. The SMILES string of the molecule is COc1ccc(OC)c(/C=C/C(=O)C(=Cc2ccc(O)c(OC)c2)C(=O)/C=C/c2cc(OC)ccc2OC)c1. The smallest absolute Gasteiger partial charge is 0.189 e. The summed E-state index contributed by atoms with van der Waals surface area (Å²) in [6.45, 7) is 0. The minimum absolute atomic E-state index is 0.0658. The molecule has 0 spiro atoms. The van der Waals surface area contributed by atoms with Crippen LogP contribution in [0.4, 0.5) is 0 Å². The fraction of sp³-hybridized carbons (Fsp3) is 0.161. The van der Waals surface area contributed by atoms with Gasteiger partial charge >= 0.3 is 0 Å². The van der Waals surface area contributed by atoms with Crippen LogP contribution in [-0.2, 0) is 9.59 Å². The quantitative estimate of drug-likeness (QED) is 0.189. The Morgan fingerprint density at radius 1 is 0.615 bits per heavy atom. The molecule has 8 heteroatoms. The van der Waals surface area contributed by atoms with Crippen LogP contribution < -0.4 is 23.7 Å². The third-order valence-electron chi connectivity index (χ3n) is 5.75. The largest absolute Gasteiger partial charge is 0.504 e. The van der Waals surface area contributed by atoms with Crippen molar-refractivity contribution < 1.29 is 38.4 Å². The first-order valence-corrected chi connectivity index (χ1v) is 11.8. The molecule has 0 bridgehead atoms. The average Bonchev–Trinajstić information content (AvgIpc) is 2.97. The predicted molar refractivity (Wildman–Crippen MR) is 150 cm³/mol. The fourth-order valence-corrected chi connectivity index (χ4v) is 3.66. The minimum Gasteiger partial charge on any atom is -0.504 e. The maximum atomic E-state index is 13.4. The van der Waals surface area contributed by atoms with Crippen molar-refractivity contribution in [3.05, 3.63) is 89.0 Å². The molecule has 1 N–H and O–H groups in total. The molecule has 8 nitrogen and oxygen atoms in total. The number of hydrogen-bond acceptors (Lipinski definition) is 8. The number of phenolic OH excluding ortho intramolecular Hbond substituents is 1. The highest BCUT2D eigenvalue weighted by molar-refractivity contribution is 6.31. The molecule has 0 radical (unpaired) electrons. The molecule has 0 heterocycles. The predicted octanol–water partition coefficient (Wildman–Crippen LogP) is 5.38. The lowest BCUT2D eigenvalue weighted by Crippen LogP contribution is -2.08. The molecule has 202 valence electrons. The summed E-state index contributed by atoms with van der Waals surface area (Å²) in [6.07, 6.45) is 7.12. The molecule has 0 aliphatic rings.